The number of para-hydroxylation sites is 1. The Hall–Kier alpha value is -3.93. The fourth-order valence-electron chi connectivity index (χ4n) is 3.71. The summed E-state index contributed by atoms with van der Waals surface area (Å²) in [6.45, 7) is 5.08. The number of amides is 3. The third-order valence-electron chi connectivity index (χ3n) is 6.31. The molecule has 0 saturated carbocycles. The van der Waals surface area contributed by atoms with Crippen molar-refractivity contribution in [2.24, 2.45) is 11.7 Å². The molecule has 0 aliphatic rings. The van der Waals surface area contributed by atoms with Crippen LogP contribution in [0, 0.1) is 5.92 Å². The number of carboxylic acids is 2. The number of benzene rings is 1. The lowest BCUT2D eigenvalue weighted by Crippen LogP contribution is -2.57. The van der Waals surface area contributed by atoms with E-state index in [9.17, 15) is 29.1 Å². The first-order valence-corrected chi connectivity index (χ1v) is 12.1. The highest BCUT2D eigenvalue weighted by atomic mass is 16.4. The second-order valence-electron chi connectivity index (χ2n) is 9.10. The van der Waals surface area contributed by atoms with Gasteiger partial charge in [-0.1, -0.05) is 38.5 Å². The summed E-state index contributed by atoms with van der Waals surface area (Å²) in [5, 5.41) is 26.9. The van der Waals surface area contributed by atoms with E-state index in [0.29, 0.717) is 12.0 Å². The summed E-state index contributed by atoms with van der Waals surface area (Å²) in [5.74, 6) is -4.72. The summed E-state index contributed by atoms with van der Waals surface area (Å²) in [4.78, 5) is 64.1. The molecule has 2 rings (SSSR count). The fourth-order valence-corrected chi connectivity index (χ4v) is 3.71. The smallest absolute Gasteiger partial charge is 0.326 e. The van der Waals surface area contributed by atoms with Crippen LogP contribution in [-0.2, 0) is 30.4 Å². The van der Waals surface area contributed by atoms with E-state index >= 15 is 0 Å². The third-order valence-corrected chi connectivity index (χ3v) is 6.31. The Morgan fingerprint density at radius 2 is 1.59 bits per heavy atom. The highest BCUT2D eigenvalue weighted by Gasteiger charge is 2.30. The van der Waals surface area contributed by atoms with Crippen molar-refractivity contribution < 1.29 is 34.2 Å². The zero-order valence-corrected chi connectivity index (χ0v) is 21.1. The summed E-state index contributed by atoms with van der Waals surface area (Å²) in [7, 11) is 0. The molecule has 8 N–H and O–H groups in total. The van der Waals surface area contributed by atoms with E-state index in [1.54, 1.807) is 19.2 Å². The quantitative estimate of drug-likeness (QED) is 0.188. The van der Waals surface area contributed by atoms with Crippen LogP contribution < -0.4 is 21.7 Å². The van der Waals surface area contributed by atoms with Gasteiger partial charge in [-0.05, 0) is 30.9 Å². The van der Waals surface area contributed by atoms with Gasteiger partial charge in [0.1, 0.15) is 18.1 Å². The number of carboxylic acid groups (broad SMARTS) is 2. The Morgan fingerprint density at radius 1 is 0.946 bits per heavy atom. The van der Waals surface area contributed by atoms with Crippen LogP contribution in [0.4, 0.5) is 0 Å². The molecule has 12 heteroatoms. The first kappa shape index (κ1) is 29.3. The average molecular weight is 518 g/mol. The van der Waals surface area contributed by atoms with Gasteiger partial charge in [0.25, 0.3) is 0 Å². The maximum atomic E-state index is 13.0. The fraction of sp³-hybridized carbons (Fsp3) is 0.480. The van der Waals surface area contributed by atoms with Crippen molar-refractivity contribution >= 4 is 40.6 Å². The number of aromatic nitrogens is 1. The van der Waals surface area contributed by atoms with E-state index in [1.807, 2.05) is 25.1 Å². The maximum absolute atomic E-state index is 13.0. The van der Waals surface area contributed by atoms with Gasteiger partial charge < -0.3 is 36.9 Å². The lowest BCUT2D eigenvalue weighted by molar-refractivity contribution is -0.143. The number of rotatable bonds is 14. The average Bonchev–Trinajstić information content (AvgIpc) is 3.27. The minimum Gasteiger partial charge on any atom is -0.481 e. The molecule has 0 radical (unpaired) electrons. The number of aliphatic carboxylic acids is 2. The third kappa shape index (κ3) is 8.31. The summed E-state index contributed by atoms with van der Waals surface area (Å²) < 4.78 is 0. The van der Waals surface area contributed by atoms with E-state index in [0.717, 1.165) is 10.9 Å². The zero-order valence-electron chi connectivity index (χ0n) is 21.1. The molecule has 1 aromatic heterocycles. The molecule has 0 bridgehead atoms. The Balaban J connectivity index is 2.11. The first-order valence-electron chi connectivity index (χ1n) is 12.1. The van der Waals surface area contributed by atoms with Crippen molar-refractivity contribution in [3.8, 4) is 0 Å². The van der Waals surface area contributed by atoms with Gasteiger partial charge in [-0.3, -0.25) is 19.2 Å². The molecule has 37 heavy (non-hydrogen) atoms. The van der Waals surface area contributed by atoms with Gasteiger partial charge in [-0.2, -0.15) is 0 Å². The number of hydrogen-bond acceptors (Lipinski definition) is 6. The maximum Gasteiger partial charge on any atom is 0.326 e. The topological polar surface area (TPSA) is 204 Å². The van der Waals surface area contributed by atoms with Crippen molar-refractivity contribution in [2.45, 2.75) is 70.6 Å². The van der Waals surface area contributed by atoms with Crippen molar-refractivity contribution in [2.75, 3.05) is 0 Å². The van der Waals surface area contributed by atoms with Crippen molar-refractivity contribution in [3.05, 3.63) is 36.0 Å². The van der Waals surface area contributed by atoms with Gasteiger partial charge in [0.05, 0.1) is 6.04 Å². The second-order valence-corrected chi connectivity index (χ2v) is 9.10. The first-order chi connectivity index (χ1) is 17.4. The second kappa shape index (κ2) is 13.4. The number of hydrogen-bond donors (Lipinski definition) is 7. The molecule has 2 aromatic rings. The molecular formula is C25H35N5O7. The molecule has 0 aliphatic carbocycles. The normalized spacial score (nSPS) is 15.1. The number of carbonyl (C=O) groups excluding carboxylic acids is 3. The van der Waals surface area contributed by atoms with Crippen LogP contribution in [-0.4, -0.2) is 69.0 Å². The SMILES string of the molecule is CCC(C)C(N)C(=O)NC(C)C(=O)NC(CCC(=O)O)C(=O)NC(Cc1c[nH]c2ccccc12)C(=O)O. The van der Waals surface area contributed by atoms with Gasteiger partial charge in [-0.15, -0.1) is 0 Å². The van der Waals surface area contributed by atoms with Crippen LogP contribution >= 0.6 is 0 Å². The predicted octanol–water partition coefficient (Wildman–Crippen LogP) is 0.508. The molecule has 0 fully saturated rings. The summed E-state index contributed by atoms with van der Waals surface area (Å²) in [5.41, 5.74) is 7.37. The van der Waals surface area contributed by atoms with Crippen molar-refractivity contribution in [1.29, 1.82) is 0 Å². The summed E-state index contributed by atoms with van der Waals surface area (Å²) in [6, 6.07) is 2.73. The van der Waals surface area contributed by atoms with Crippen LogP contribution in [0.15, 0.2) is 30.5 Å². The van der Waals surface area contributed by atoms with E-state index in [2.05, 4.69) is 20.9 Å². The predicted molar refractivity (Wildman–Crippen MR) is 135 cm³/mol. The van der Waals surface area contributed by atoms with E-state index in [-0.39, 0.29) is 18.8 Å². The van der Waals surface area contributed by atoms with Crippen molar-refractivity contribution in [1.82, 2.24) is 20.9 Å². The molecular weight excluding hydrogens is 482 g/mol. The van der Waals surface area contributed by atoms with Gasteiger partial charge in [0.15, 0.2) is 0 Å². The van der Waals surface area contributed by atoms with Crippen LogP contribution in [0.5, 0.6) is 0 Å². The van der Waals surface area contributed by atoms with E-state index in [4.69, 9.17) is 10.8 Å². The van der Waals surface area contributed by atoms with Gasteiger partial charge >= 0.3 is 11.9 Å². The van der Waals surface area contributed by atoms with E-state index < -0.39 is 60.2 Å². The van der Waals surface area contributed by atoms with Gasteiger partial charge in [0.2, 0.25) is 17.7 Å². The standard InChI is InChI=1S/C25H35N5O7/c1-4-13(2)21(26)24(35)28-14(3)22(33)29-18(9-10-20(31)32)23(34)30-19(25(36)37)11-15-12-27-17-8-6-5-7-16(15)17/h5-8,12-14,18-19,21,27H,4,9-11,26H2,1-3H3,(H,28,35)(H,29,33)(H,30,34)(H,31,32)(H,36,37). The number of nitrogens with one attached hydrogen (secondary N) is 4. The molecule has 0 spiro atoms. The highest BCUT2D eigenvalue weighted by Crippen LogP contribution is 2.19. The van der Waals surface area contributed by atoms with Gasteiger partial charge in [0, 0.05) is 29.9 Å². The summed E-state index contributed by atoms with van der Waals surface area (Å²) in [6.07, 6.45) is 1.56. The number of H-pyrrole nitrogens is 1. The van der Waals surface area contributed by atoms with E-state index in [1.165, 1.54) is 6.92 Å². The lowest BCUT2D eigenvalue weighted by atomic mass is 9.99. The molecule has 3 amide bonds. The van der Waals surface area contributed by atoms with Gasteiger partial charge in [-0.25, -0.2) is 4.79 Å². The monoisotopic (exact) mass is 517 g/mol. The lowest BCUT2D eigenvalue weighted by Gasteiger charge is -2.24. The molecule has 5 atom stereocenters. The van der Waals surface area contributed by atoms with Crippen LogP contribution in [0.2, 0.25) is 0 Å². The molecule has 1 aromatic carbocycles. The largest absolute Gasteiger partial charge is 0.481 e. The number of nitrogens with two attached hydrogens (primary N) is 1. The Bertz CT molecular complexity index is 1130. The zero-order chi connectivity index (χ0) is 27.7. The number of aromatic amines is 1. The Kier molecular flexibility index (Phi) is 10.6. The van der Waals surface area contributed by atoms with Crippen LogP contribution in [0.25, 0.3) is 10.9 Å². The molecule has 202 valence electrons. The molecule has 1 heterocycles. The minimum atomic E-state index is -1.34. The van der Waals surface area contributed by atoms with Crippen LogP contribution in [0.1, 0.15) is 45.6 Å². The molecule has 12 nitrogen and oxygen atoms in total. The molecule has 5 unspecified atom stereocenters. The molecule has 0 aliphatic heterocycles. The Labute approximate surface area is 214 Å². The van der Waals surface area contributed by atoms with Crippen molar-refractivity contribution in [3.63, 3.8) is 0 Å². The number of fused-ring (bicyclic) bond motifs is 1. The Morgan fingerprint density at radius 3 is 2.22 bits per heavy atom. The van der Waals surface area contributed by atoms with Crippen LogP contribution in [0.3, 0.4) is 0 Å². The highest BCUT2D eigenvalue weighted by molar-refractivity contribution is 5.94. The minimum absolute atomic E-state index is 0.0371. The molecule has 0 saturated heterocycles. The summed E-state index contributed by atoms with van der Waals surface area (Å²) >= 11 is 0. The number of carbonyl (C=O) groups is 5.